The van der Waals surface area contributed by atoms with E-state index in [0.29, 0.717) is 54.7 Å². The molecule has 5 heteroatoms. The van der Waals surface area contributed by atoms with E-state index in [1.807, 2.05) is 0 Å². The van der Waals surface area contributed by atoms with Gasteiger partial charge < -0.3 is 9.47 Å². The molecule has 0 aromatic carbocycles. The third-order valence-corrected chi connectivity index (χ3v) is 17.5. The summed E-state index contributed by atoms with van der Waals surface area (Å²) in [6.45, 7) is 0. The van der Waals surface area contributed by atoms with Gasteiger partial charge in [0.2, 0.25) is 0 Å². The summed E-state index contributed by atoms with van der Waals surface area (Å²) in [6, 6.07) is 0. The lowest BCUT2D eigenvalue weighted by Crippen LogP contribution is -2.73. The van der Waals surface area contributed by atoms with Crippen LogP contribution in [-0.2, 0) is 9.47 Å². The maximum absolute atomic E-state index is 7.39. The molecule has 48 heavy (non-hydrogen) atoms. The van der Waals surface area contributed by atoms with Gasteiger partial charge in [-0.3, -0.25) is 16.0 Å². The molecule has 3 aliphatic heterocycles. The molecule has 0 spiro atoms. The summed E-state index contributed by atoms with van der Waals surface area (Å²) in [6.07, 6.45) is 39.4. The molecule has 10 rings (SSSR count). The monoisotopic (exact) mass is 662 g/mol. The van der Waals surface area contributed by atoms with Crippen molar-refractivity contribution in [3.05, 3.63) is 0 Å². The number of ether oxygens (including phenoxy) is 2. The molecule has 0 aromatic heterocycles. The fraction of sp³-hybridized carbons (Fsp3) is 1.00. The first-order valence-electron chi connectivity index (χ1n) is 22.4. The molecular formula is C43H71N3O2. The largest absolute Gasteiger partial charge is 0.374 e. The molecule has 5 nitrogen and oxygen atoms in total. The summed E-state index contributed by atoms with van der Waals surface area (Å²) in [5, 5.41) is 12.8. The number of hydrogen-bond acceptors (Lipinski definition) is 5. The van der Waals surface area contributed by atoms with Crippen LogP contribution >= 0.6 is 0 Å². The van der Waals surface area contributed by atoms with Gasteiger partial charge in [0.25, 0.3) is 0 Å². The van der Waals surface area contributed by atoms with Crippen LogP contribution in [0.3, 0.4) is 0 Å². The Kier molecular flexibility index (Phi) is 9.45. The highest BCUT2D eigenvalue weighted by molar-refractivity contribution is 5.07. The Morgan fingerprint density at radius 2 is 0.792 bits per heavy atom. The fourth-order valence-corrected chi connectivity index (χ4v) is 15.3. The molecule has 0 amide bonds. The molecule has 16 atom stereocenters. The summed E-state index contributed by atoms with van der Waals surface area (Å²) in [5.41, 5.74) is 0. The van der Waals surface area contributed by atoms with Crippen LogP contribution in [0.15, 0.2) is 0 Å². The minimum absolute atomic E-state index is 0.428. The smallest absolute Gasteiger partial charge is 0.0641 e. The standard InChI is InChI=1S/C43H71N3O2/c1-3-11-26(12-4-1)35-25-36-33-22-20-29(24-39(33)48-40(36)34-17-8-7-15-30(34)35)43-45-41(27-13-5-2-6-14-27)44-42(46-43)28-19-21-32-31-16-9-10-18-37(31)47-38(32)23-28/h26-46H,1-25H2. The lowest BCUT2D eigenvalue weighted by Gasteiger charge is -2.51. The lowest BCUT2D eigenvalue weighted by atomic mass is 9.54. The van der Waals surface area contributed by atoms with E-state index in [1.54, 1.807) is 0 Å². The van der Waals surface area contributed by atoms with Crippen LogP contribution in [0.2, 0.25) is 0 Å². The highest BCUT2D eigenvalue weighted by Gasteiger charge is 2.57. The molecule has 0 radical (unpaired) electrons. The summed E-state index contributed by atoms with van der Waals surface area (Å²) in [7, 11) is 0. The number of fused-ring (bicyclic) bond motifs is 8. The Bertz CT molecular complexity index is 1090. The topological polar surface area (TPSA) is 54.5 Å². The molecule has 7 aliphatic carbocycles. The van der Waals surface area contributed by atoms with Gasteiger partial charge in [0, 0.05) is 0 Å². The normalized spacial score (nSPS) is 53.2. The van der Waals surface area contributed by atoms with E-state index in [-0.39, 0.29) is 0 Å². The van der Waals surface area contributed by atoms with Crippen molar-refractivity contribution >= 4 is 0 Å². The van der Waals surface area contributed by atoms with Crippen LogP contribution in [0.4, 0.5) is 0 Å². The Morgan fingerprint density at radius 1 is 0.292 bits per heavy atom. The Balaban J connectivity index is 0.841. The van der Waals surface area contributed by atoms with Crippen molar-refractivity contribution in [2.45, 2.75) is 203 Å². The number of nitrogens with one attached hydrogen (secondary N) is 3. The summed E-state index contributed by atoms with van der Waals surface area (Å²) in [5.74, 6) is 9.50. The van der Waals surface area contributed by atoms with Gasteiger partial charge in [0.1, 0.15) is 0 Å². The first kappa shape index (κ1) is 32.5. The van der Waals surface area contributed by atoms with E-state index in [4.69, 9.17) is 9.47 Å². The van der Waals surface area contributed by atoms with Crippen molar-refractivity contribution in [2.75, 3.05) is 0 Å². The van der Waals surface area contributed by atoms with Gasteiger partial charge in [-0.25, -0.2) is 0 Å². The number of rotatable bonds is 4. The maximum atomic E-state index is 7.39. The summed E-state index contributed by atoms with van der Waals surface area (Å²) in [4.78, 5) is 0. The van der Waals surface area contributed by atoms with Crippen LogP contribution in [-0.4, -0.2) is 42.9 Å². The van der Waals surface area contributed by atoms with Crippen molar-refractivity contribution in [1.29, 1.82) is 0 Å². The van der Waals surface area contributed by atoms with Crippen molar-refractivity contribution in [1.82, 2.24) is 16.0 Å². The maximum Gasteiger partial charge on any atom is 0.0641 e. The van der Waals surface area contributed by atoms with Gasteiger partial charge in [0.15, 0.2) is 0 Å². The Hall–Kier alpha value is -0.200. The van der Waals surface area contributed by atoms with Crippen LogP contribution in [0.5, 0.6) is 0 Å². The van der Waals surface area contributed by atoms with E-state index in [2.05, 4.69) is 16.0 Å². The molecule has 3 heterocycles. The second-order valence-corrected chi connectivity index (χ2v) is 19.7. The number of hydrogen-bond donors (Lipinski definition) is 3. The van der Waals surface area contributed by atoms with E-state index in [9.17, 15) is 0 Å². The summed E-state index contributed by atoms with van der Waals surface area (Å²) >= 11 is 0. The molecule has 16 unspecified atom stereocenters. The predicted octanol–water partition coefficient (Wildman–Crippen LogP) is 8.91. The van der Waals surface area contributed by atoms with Crippen LogP contribution in [0, 0.1) is 65.1 Å². The quantitative estimate of drug-likeness (QED) is 0.281. The molecule has 7 saturated carbocycles. The lowest BCUT2D eigenvalue weighted by molar-refractivity contribution is -0.0891. The van der Waals surface area contributed by atoms with Crippen LogP contribution < -0.4 is 16.0 Å². The molecule has 0 aromatic rings. The van der Waals surface area contributed by atoms with Crippen LogP contribution in [0.1, 0.15) is 161 Å². The predicted molar refractivity (Wildman–Crippen MR) is 192 cm³/mol. The highest BCUT2D eigenvalue weighted by Crippen LogP contribution is 2.59. The molecule has 10 fully saturated rings. The fourth-order valence-electron chi connectivity index (χ4n) is 15.3. The van der Waals surface area contributed by atoms with Crippen molar-refractivity contribution in [3.8, 4) is 0 Å². The van der Waals surface area contributed by atoms with E-state index in [0.717, 1.165) is 53.3 Å². The SMILES string of the molecule is C1CCC(C2NC(C3CCC4C(C3)OC3CCCCC34)NC(C3CCC4C(C3)OC3C4CC(C4CCCCC4)C4CCCCC43)N2)CC1. The van der Waals surface area contributed by atoms with Gasteiger partial charge in [0.05, 0.1) is 42.9 Å². The minimum atomic E-state index is 0.428. The van der Waals surface area contributed by atoms with Gasteiger partial charge >= 0.3 is 0 Å². The van der Waals surface area contributed by atoms with Gasteiger partial charge in [-0.05, 0) is 149 Å². The Labute approximate surface area is 293 Å². The second-order valence-electron chi connectivity index (χ2n) is 19.7. The molecular weight excluding hydrogens is 590 g/mol. The van der Waals surface area contributed by atoms with E-state index >= 15 is 0 Å². The van der Waals surface area contributed by atoms with Gasteiger partial charge in [-0.2, -0.15) is 0 Å². The molecule has 270 valence electrons. The average Bonchev–Trinajstić information content (AvgIpc) is 3.72. The third-order valence-electron chi connectivity index (χ3n) is 17.5. The van der Waals surface area contributed by atoms with E-state index < -0.39 is 0 Å². The zero-order chi connectivity index (χ0) is 31.6. The Morgan fingerprint density at radius 3 is 1.48 bits per heavy atom. The molecule has 3 N–H and O–H groups in total. The summed E-state index contributed by atoms with van der Waals surface area (Å²) < 4.78 is 14.3. The molecule has 0 bridgehead atoms. The zero-order valence-corrected chi connectivity index (χ0v) is 30.4. The second kappa shape index (κ2) is 14.0. The van der Waals surface area contributed by atoms with Gasteiger partial charge in [-0.1, -0.05) is 77.0 Å². The zero-order valence-electron chi connectivity index (χ0n) is 30.4. The van der Waals surface area contributed by atoms with Crippen molar-refractivity contribution in [2.24, 2.45) is 65.1 Å². The molecule has 10 aliphatic rings. The van der Waals surface area contributed by atoms with Crippen molar-refractivity contribution in [3.63, 3.8) is 0 Å². The highest BCUT2D eigenvalue weighted by atomic mass is 16.5. The van der Waals surface area contributed by atoms with Crippen molar-refractivity contribution < 1.29 is 9.47 Å². The third kappa shape index (κ3) is 6.00. The molecule has 3 saturated heterocycles. The average molecular weight is 662 g/mol. The first-order valence-corrected chi connectivity index (χ1v) is 22.4. The van der Waals surface area contributed by atoms with Crippen LogP contribution in [0.25, 0.3) is 0 Å². The first-order chi connectivity index (χ1) is 23.8. The van der Waals surface area contributed by atoms with E-state index in [1.165, 1.54) is 161 Å². The minimum Gasteiger partial charge on any atom is -0.374 e. The van der Waals surface area contributed by atoms with Gasteiger partial charge in [-0.15, -0.1) is 0 Å².